The van der Waals surface area contributed by atoms with E-state index in [2.05, 4.69) is 60.7 Å². The summed E-state index contributed by atoms with van der Waals surface area (Å²) in [6.07, 6.45) is 2.30. The van der Waals surface area contributed by atoms with Crippen LogP contribution >= 0.6 is 10.9 Å². The highest BCUT2D eigenvalue weighted by Crippen LogP contribution is 2.62. The lowest BCUT2D eigenvalue weighted by molar-refractivity contribution is -0.188. The SMILES string of the molecule is O=C(COc1ccc(Oc2ccc([SH]3c4ccccc4-c4ccccc43)cc2)cc1)OC1CCCCO1. The average molecular weight is 513 g/mol. The van der Waals surface area contributed by atoms with E-state index in [1.54, 1.807) is 12.1 Å². The van der Waals surface area contributed by atoms with E-state index in [9.17, 15) is 4.79 Å². The van der Waals surface area contributed by atoms with Gasteiger partial charge < -0.3 is 18.9 Å². The molecule has 0 saturated carbocycles. The van der Waals surface area contributed by atoms with E-state index >= 15 is 0 Å². The molecule has 4 aromatic rings. The van der Waals surface area contributed by atoms with E-state index in [0.717, 1.165) is 25.0 Å². The topological polar surface area (TPSA) is 54.0 Å². The van der Waals surface area contributed by atoms with Crippen LogP contribution in [0.5, 0.6) is 17.2 Å². The van der Waals surface area contributed by atoms with Crippen molar-refractivity contribution in [1.29, 1.82) is 0 Å². The molecule has 37 heavy (non-hydrogen) atoms. The Labute approximate surface area is 219 Å². The maximum absolute atomic E-state index is 12.0. The number of hydrogen-bond donors (Lipinski definition) is 1. The van der Waals surface area contributed by atoms with Crippen molar-refractivity contribution in [2.24, 2.45) is 0 Å². The molecule has 2 aliphatic heterocycles. The highest BCUT2D eigenvalue weighted by molar-refractivity contribution is 8.17. The Hall–Kier alpha value is -3.74. The predicted octanol–water partition coefficient (Wildman–Crippen LogP) is 7.39. The third kappa shape index (κ3) is 5.22. The zero-order valence-electron chi connectivity index (χ0n) is 20.3. The molecule has 0 N–H and O–H groups in total. The Kier molecular flexibility index (Phi) is 6.84. The van der Waals surface area contributed by atoms with Crippen molar-refractivity contribution in [3.63, 3.8) is 0 Å². The molecule has 0 amide bonds. The molecule has 1 atom stereocenters. The molecule has 0 spiro atoms. The minimum absolute atomic E-state index is 0.156. The monoisotopic (exact) mass is 512 g/mol. The average Bonchev–Trinajstić information content (AvgIpc) is 3.28. The molecule has 1 unspecified atom stereocenters. The number of esters is 1. The largest absolute Gasteiger partial charge is 0.482 e. The second-order valence-corrected chi connectivity index (χ2v) is 11.2. The van der Waals surface area contributed by atoms with Crippen LogP contribution in [0.1, 0.15) is 19.3 Å². The van der Waals surface area contributed by atoms with E-state index in [-0.39, 0.29) is 6.61 Å². The Morgan fingerprint density at radius 3 is 1.97 bits per heavy atom. The maximum Gasteiger partial charge on any atom is 0.346 e. The summed E-state index contributed by atoms with van der Waals surface area (Å²) in [5, 5.41) is 0. The third-order valence-corrected chi connectivity index (χ3v) is 9.05. The van der Waals surface area contributed by atoms with Crippen molar-refractivity contribution >= 4 is 16.9 Å². The van der Waals surface area contributed by atoms with Crippen LogP contribution in [0.2, 0.25) is 0 Å². The van der Waals surface area contributed by atoms with Gasteiger partial charge in [0.1, 0.15) is 17.2 Å². The quantitative estimate of drug-likeness (QED) is 0.182. The van der Waals surface area contributed by atoms with E-state index in [0.29, 0.717) is 18.1 Å². The fraction of sp³-hybridized carbons (Fsp3) is 0.194. The van der Waals surface area contributed by atoms with Crippen LogP contribution in [-0.2, 0) is 14.3 Å². The second-order valence-electron chi connectivity index (χ2n) is 9.01. The Morgan fingerprint density at radius 2 is 1.35 bits per heavy atom. The fourth-order valence-corrected chi connectivity index (χ4v) is 7.34. The number of carbonyl (C=O) groups is 1. The van der Waals surface area contributed by atoms with E-state index in [4.69, 9.17) is 18.9 Å². The van der Waals surface area contributed by atoms with Crippen LogP contribution in [0.15, 0.2) is 112 Å². The van der Waals surface area contributed by atoms with Gasteiger partial charge in [0.2, 0.25) is 6.29 Å². The summed E-state index contributed by atoms with van der Waals surface area (Å²) in [5.41, 5.74) is 2.67. The van der Waals surface area contributed by atoms with Gasteiger partial charge in [-0.1, -0.05) is 36.4 Å². The normalized spacial score (nSPS) is 17.0. The summed E-state index contributed by atoms with van der Waals surface area (Å²) in [6.45, 7) is 0.475. The highest BCUT2D eigenvalue weighted by Gasteiger charge is 2.26. The zero-order valence-corrected chi connectivity index (χ0v) is 21.2. The third-order valence-electron chi connectivity index (χ3n) is 6.49. The summed E-state index contributed by atoms with van der Waals surface area (Å²) < 4.78 is 22.3. The first-order valence-electron chi connectivity index (χ1n) is 12.5. The first-order valence-corrected chi connectivity index (χ1v) is 13.9. The van der Waals surface area contributed by atoms with Gasteiger partial charge in [-0.3, -0.25) is 0 Å². The van der Waals surface area contributed by atoms with Gasteiger partial charge in [0.25, 0.3) is 0 Å². The Morgan fingerprint density at radius 1 is 0.757 bits per heavy atom. The van der Waals surface area contributed by atoms with Crippen molar-refractivity contribution in [2.75, 3.05) is 13.2 Å². The molecule has 2 heterocycles. The van der Waals surface area contributed by atoms with Gasteiger partial charge in [-0.15, -0.1) is 0 Å². The van der Waals surface area contributed by atoms with Gasteiger partial charge in [-0.25, -0.2) is 4.79 Å². The summed E-state index contributed by atoms with van der Waals surface area (Å²) in [4.78, 5) is 16.1. The van der Waals surface area contributed by atoms with Gasteiger partial charge in [-0.2, -0.15) is 10.9 Å². The molecular formula is C31H28O5S. The van der Waals surface area contributed by atoms with Crippen molar-refractivity contribution in [3.8, 4) is 28.4 Å². The summed E-state index contributed by atoms with van der Waals surface area (Å²) >= 11 is 0. The number of carbonyl (C=O) groups excluding carboxylic acids is 1. The van der Waals surface area contributed by atoms with Crippen LogP contribution in [0, 0.1) is 0 Å². The summed E-state index contributed by atoms with van der Waals surface area (Å²) in [7, 11) is -0.581. The van der Waals surface area contributed by atoms with Crippen molar-refractivity contribution in [3.05, 3.63) is 97.1 Å². The predicted molar refractivity (Wildman–Crippen MR) is 144 cm³/mol. The summed E-state index contributed by atoms with van der Waals surface area (Å²) in [5.74, 6) is 1.61. The lowest BCUT2D eigenvalue weighted by atomic mass is 10.1. The molecule has 0 radical (unpaired) electrons. The molecule has 0 aromatic heterocycles. The molecule has 188 valence electrons. The first-order chi connectivity index (χ1) is 18.2. The summed E-state index contributed by atoms with van der Waals surface area (Å²) in [6, 6.07) is 33.0. The van der Waals surface area contributed by atoms with Crippen LogP contribution in [0.3, 0.4) is 0 Å². The number of ether oxygens (including phenoxy) is 4. The number of fused-ring (bicyclic) bond motifs is 3. The van der Waals surface area contributed by atoms with Crippen molar-refractivity contribution in [2.45, 2.75) is 40.2 Å². The minimum Gasteiger partial charge on any atom is -0.482 e. The van der Waals surface area contributed by atoms with Crippen LogP contribution in [0.25, 0.3) is 11.1 Å². The fourth-order valence-electron chi connectivity index (χ4n) is 4.73. The van der Waals surface area contributed by atoms with Crippen LogP contribution in [-0.4, -0.2) is 25.5 Å². The Balaban J connectivity index is 1.08. The van der Waals surface area contributed by atoms with Gasteiger partial charge in [-0.05, 0) is 89.5 Å². The van der Waals surface area contributed by atoms with E-state index < -0.39 is 23.2 Å². The smallest absolute Gasteiger partial charge is 0.346 e. The van der Waals surface area contributed by atoms with Gasteiger partial charge >= 0.3 is 5.97 Å². The van der Waals surface area contributed by atoms with E-state index in [1.165, 1.54) is 25.8 Å². The number of thiol groups is 1. The molecule has 0 aliphatic carbocycles. The Bertz CT molecular complexity index is 1330. The molecule has 5 nitrogen and oxygen atoms in total. The lowest BCUT2D eigenvalue weighted by Crippen LogP contribution is -2.27. The molecule has 1 saturated heterocycles. The van der Waals surface area contributed by atoms with Gasteiger partial charge in [0, 0.05) is 16.2 Å². The maximum atomic E-state index is 12.0. The molecule has 1 fully saturated rings. The molecule has 6 rings (SSSR count). The van der Waals surface area contributed by atoms with Gasteiger partial charge in [0.05, 0.1) is 6.61 Å². The van der Waals surface area contributed by atoms with Crippen LogP contribution in [0.4, 0.5) is 0 Å². The molecule has 2 aliphatic rings. The molecule has 6 heteroatoms. The van der Waals surface area contributed by atoms with Crippen molar-refractivity contribution < 1.29 is 23.7 Å². The van der Waals surface area contributed by atoms with E-state index in [1.807, 2.05) is 24.3 Å². The number of rotatable bonds is 7. The first kappa shape index (κ1) is 23.6. The molecule has 0 bridgehead atoms. The van der Waals surface area contributed by atoms with Crippen LogP contribution < -0.4 is 9.47 Å². The minimum atomic E-state index is -0.581. The van der Waals surface area contributed by atoms with Crippen molar-refractivity contribution in [1.82, 2.24) is 0 Å². The lowest BCUT2D eigenvalue weighted by Gasteiger charge is -2.22. The molecule has 4 aromatic carbocycles. The number of hydrogen-bond acceptors (Lipinski definition) is 5. The highest BCUT2D eigenvalue weighted by atomic mass is 32.2. The standard InChI is InChI=1S/C31H28O5S/c32-30(36-31-11-5-6-20-33-31)21-34-22-12-14-23(15-13-22)35-24-16-18-25(19-17-24)37-28-9-3-1-7-26(28)27-8-2-4-10-29(27)37/h1-4,7-10,12-19,31,37H,5-6,11,20-21H2. The second kappa shape index (κ2) is 10.7. The number of benzene rings is 4. The zero-order chi connectivity index (χ0) is 25.0. The van der Waals surface area contributed by atoms with Gasteiger partial charge in [0.15, 0.2) is 6.61 Å². The molecular weight excluding hydrogens is 484 g/mol.